The van der Waals surface area contributed by atoms with Gasteiger partial charge in [-0.2, -0.15) is 0 Å². The second-order valence-corrected chi connectivity index (χ2v) is 9.54. The van der Waals surface area contributed by atoms with Gasteiger partial charge < -0.3 is 29.8 Å². The van der Waals surface area contributed by atoms with E-state index in [9.17, 15) is 13.6 Å². The average molecular weight is 537 g/mol. The molecule has 1 fully saturated rings. The van der Waals surface area contributed by atoms with E-state index in [1.165, 1.54) is 6.20 Å². The number of rotatable bonds is 6. The Kier molecular flexibility index (Phi) is 6.67. The van der Waals surface area contributed by atoms with E-state index in [1.807, 2.05) is 0 Å². The van der Waals surface area contributed by atoms with Crippen LogP contribution in [0.15, 0.2) is 36.8 Å². The van der Waals surface area contributed by atoms with E-state index >= 15 is 0 Å². The number of carbonyl (C=O) groups excluding carboxylic acids is 1. The maximum absolute atomic E-state index is 14.2. The first-order chi connectivity index (χ1) is 18.9. The number of hydrogen-bond acceptors (Lipinski definition) is 8. The van der Waals surface area contributed by atoms with Gasteiger partial charge in [-0.1, -0.05) is 6.07 Å². The average Bonchev–Trinajstić information content (AvgIpc) is 3.60. The molecule has 12 heteroatoms. The van der Waals surface area contributed by atoms with Crippen LogP contribution < -0.4 is 5.73 Å². The van der Waals surface area contributed by atoms with Crippen LogP contribution in [0.2, 0.25) is 0 Å². The number of aromatic nitrogens is 4. The Labute approximate surface area is 222 Å². The number of pyridine rings is 3. The molecule has 0 aliphatic carbocycles. The number of hydrogen-bond donors (Lipinski definition) is 2. The van der Waals surface area contributed by atoms with Gasteiger partial charge in [0.2, 0.25) is 0 Å². The quantitative estimate of drug-likeness (QED) is 0.384. The van der Waals surface area contributed by atoms with Gasteiger partial charge in [-0.25, -0.2) is 13.8 Å². The van der Waals surface area contributed by atoms with Gasteiger partial charge in [0, 0.05) is 36.6 Å². The van der Waals surface area contributed by atoms with Crippen molar-refractivity contribution in [2.24, 2.45) is 0 Å². The Morgan fingerprint density at radius 3 is 2.72 bits per heavy atom. The lowest BCUT2D eigenvalue weighted by atomic mass is 10.0. The van der Waals surface area contributed by atoms with E-state index in [-0.39, 0.29) is 35.7 Å². The molecule has 6 heterocycles. The summed E-state index contributed by atoms with van der Waals surface area (Å²) in [6, 6.07) is 4.61. The highest BCUT2D eigenvalue weighted by Gasteiger charge is 2.35. The van der Waals surface area contributed by atoms with E-state index in [2.05, 4.69) is 19.9 Å². The summed E-state index contributed by atoms with van der Waals surface area (Å²) in [7, 11) is 1.58. The van der Waals surface area contributed by atoms with Gasteiger partial charge in [0.05, 0.1) is 67.1 Å². The Hall–Kier alpha value is -4.00. The molecule has 2 aliphatic heterocycles. The van der Waals surface area contributed by atoms with Crippen LogP contribution in [-0.2, 0) is 34.0 Å². The minimum Gasteiger partial charge on any atom is -0.383 e. The van der Waals surface area contributed by atoms with Gasteiger partial charge in [-0.05, 0) is 18.6 Å². The fourth-order valence-electron chi connectivity index (χ4n) is 5.26. The van der Waals surface area contributed by atoms with Crippen molar-refractivity contribution in [3.8, 4) is 11.1 Å². The molecule has 0 radical (unpaired) electrons. The van der Waals surface area contributed by atoms with E-state index in [0.29, 0.717) is 55.6 Å². The van der Waals surface area contributed by atoms with Gasteiger partial charge in [0.1, 0.15) is 17.6 Å². The van der Waals surface area contributed by atoms with E-state index in [1.54, 1.807) is 30.2 Å². The first-order valence-electron chi connectivity index (χ1n) is 12.5. The summed E-state index contributed by atoms with van der Waals surface area (Å²) in [6.45, 7) is 1.71. The maximum atomic E-state index is 14.2. The maximum Gasteiger partial charge on any atom is 0.271 e. The van der Waals surface area contributed by atoms with Crippen molar-refractivity contribution in [3.63, 3.8) is 0 Å². The lowest BCUT2D eigenvalue weighted by molar-refractivity contribution is -0.0773. The fraction of sp³-hybridized carbons (Fsp3) is 0.333. The molecule has 2 atom stereocenters. The molecule has 0 aromatic carbocycles. The van der Waals surface area contributed by atoms with Crippen LogP contribution in [0.25, 0.3) is 22.2 Å². The van der Waals surface area contributed by atoms with E-state index in [4.69, 9.17) is 19.9 Å². The monoisotopic (exact) mass is 536 g/mol. The van der Waals surface area contributed by atoms with Crippen LogP contribution in [0.4, 0.5) is 14.6 Å². The molecule has 3 N–H and O–H groups in total. The van der Waals surface area contributed by atoms with Crippen molar-refractivity contribution < 1.29 is 27.8 Å². The number of methoxy groups -OCH3 is 1. The fourth-order valence-corrected chi connectivity index (χ4v) is 5.26. The van der Waals surface area contributed by atoms with Crippen LogP contribution >= 0.6 is 0 Å². The number of nitrogens with zero attached hydrogens (tertiary/aromatic N) is 4. The molecule has 0 spiro atoms. The van der Waals surface area contributed by atoms with Gasteiger partial charge >= 0.3 is 0 Å². The smallest absolute Gasteiger partial charge is 0.271 e. The van der Waals surface area contributed by atoms with Crippen molar-refractivity contribution in [2.45, 2.75) is 38.3 Å². The minimum atomic E-state index is -0.781. The van der Waals surface area contributed by atoms with Crippen LogP contribution in [0.5, 0.6) is 0 Å². The first-order valence-corrected chi connectivity index (χ1v) is 12.5. The summed E-state index contributed by atoms with van der Waals surface area (Å²) in [5.41, 5.74) is 10.1. The van der Waals surface area contributed by atoms with E-state index < -0.39 is 11.6 Å². The molecule has 10 nitrogen and oxygen atoms in total. The zero-order valence-electron chi connectivity index (χ0n) is 21.1. The summed E-state index contributed by atoms with van der Waals surface area (Å²) in [5, 5.41) is 0. The van der Waals surface area contributed by atoms with Crippen molar-refractivity contribution in [1.29, 1.82) is 0 Å². The standard InChI is InChI=1S/C27H26F2N6O4/c1-37-23-13-38-5-4-22(23)35(10-15-3-2-14(7-32-15)24-18(28)8-31-9-19(24)29)27(36)21-6-20-25(33-21)16-11-39-12-17(16)26(30)34-20/h2-3,6-9,22-23,33H,4-5,10-13H2,1H3,(H2,30,34)/t22-,23-/m1/s1. The van der Waals surface area contributed by atoms with Crippen molar-refractivity contribution in [3.05, 3.63) is 70.9 Å². The van der Waals surface area contributed by atoms with Crippen LogP contribution in [0, 0.1) is 11.6 Å². The molecule has 2 aliphatic rings. The zero-order chi connectivity index (χ0) is 27.1. The zero-order valence-corrected chi connectivity index (χ0v) is 21.1. The number of amides is 1. The van der Waals surface area contributed by atoms with Crippen molar-refractivity contribution in [2.75, 3.05) is 26.1 Å². The number of aromatic amines is 1. The topological polar surface area (TPSA) is 128 Å². The highest BCUT2D eigenvalue weighted by atomic mass is 19.1. The summed E-state index contributed by atoms with van der Waals surface area (Å²) in [6.07, 6.45) is 3.50. The predicted octanol–water partition coefficient (Wildman–Crippen LogP) is 3.36. The largest absolute Gasteiger partial charge is 0.383 e. The second kappa shape index (κ2) is 10.3. The van der Waals surface area contributed by atoms with Gasteiger partial charge in [0.15, 0.2) is 11.6 Å². The van der Waals surface area contributed by atoms with Crippen LogP contribution in [0.3, 0.4) is 0 Å². The number of ether oxygens (including phenoxy) is 3. The van der Waals surface area contributed by atoms with Gasteiger partial charge in [0.25, 0.3) is 5.91 Å². The predicted molar refractivity (Wildman–Crippen MR) is 136 cm³/mol. The molecule has 1 amide bonds. The third-order valence-electron chi connectivity index (χ3n) is 7.27. The molecule has 0 bridgehead atoms. The van der Waals surface area contributed by atoms with Crippen molar-refractivity contribution >= 4 is 22.8 Å². The third kappa shape index (κ3) is 4.60. The second-order valence-electron chi connectivity index (χ2n) is 9.54. The van der Waals surface area contributed by atoms with Gasteiger partial charge in [-0.3, -0.25) is 14.8 Å². The number of fused-ring (bicyclic) bond motifs is 3. The Morgan fingerprint density at radius 2 is 1.97 bits per heavy atom. The van der Waals surface area contributed by atoms with E-state index in [0.717, 1.165) is 29.0 Å². The molecule has 39 heavy (non-hydrogen) atoms. The normalized spacial score (nSPS) is 18.8. The number of H-pyrrole nitrogens is 1. The molecular formula is C27H26F2N6O4. The Balaban J connectivity index is 1.34. The number of anilines is 1. The summed E-state index contributed by atoms with van der Waals surface area (Å²) >= 11 is 0. The summed E-state index contributed by atoms with van der Waals surface area (Å²) in [4.78, 5) is 31.4. The number of carbonyl (C=O) groups is 1. The number of nitrogens with two attached hydrogens (primary N) is 1. The molecule has 0 unspecified atom stereocenters. The summed E-state index contributed by atoms with van der Waals surface area (Å²) < 4.78 is 45.3. The van der Waals surface area contributed by atoms with Crippen molar-refractivity contribution in [1.82, 2.24) is 24.8 Å². The molecule has 0 saturated carbocycles. The third-order valence-corrected chi connectivity index (χ3v) is 7.27. The highest BCUT2D eigenvalue weighted by molar-refractivity contribution is 5.98. The Morgan fingerprint density at radius 1 is 1.18 bits per heavy atom. The first kappa shape index (κ1) is 25.3. The van der Waals surface area contributed by atoms with Crippen LogP contribution in [0.1, 0.15) is 33.7 Å². The SMILES string of the molecule is CO[C@@H]1COCC[C@H]1N(Cc1ccc(-c2c(F)cncc2F)cn1)C(=O)c1cc2nc(N)c3c(c2[nH]1)COC3. The molecular weight excluding hydrogens is 510 g/mol. The number of nitrogens with one attached hydrogen (secondary N) is 1. The van der Waals surface area contributed by atoms with Crippen LogP contribution in [-0.4, -0.2) is 63.2 Å². The Bertz CT molecular complexity index is 1520. The number of nitrogen functional groups attached to an aromatic ring is 1. The molecule has 1 saturated heterocycles. The molecule has 4 aromatic rings. The summed E-state index contributed by atoms with van der Waals surface area (Å²) in [5.74, 6) is -1.45. The molecule has 202 valence electrons. The molecule has 4 aromatic heterocycles. The lowest BCUT2D eigenvalue weighted by Gasteiger charge is -2.38. The highest BCUT2D eigenvalue weighted by Crippen LogP contribution is 2.32. The van der Waals surface area contributed by atoms with Gasteiger partial charge in [-0.15, -0.1) is 0 Å². The molecule has 6 rings (SSSR count). The number of halogens is 2. The minimum absolute atomic E-state index is 0.136. The lowest BCUT2D eigenvalue weighted by Crippen LogP contribution is -2.52.